The number of aromatic nitrogens is 1. The van der Waals surface area contributed by atoms with Gasteiger partial charge in [0.25, 0.3) is 10.0 Å². The Morgan fingerprint density at radius 1 is 1.23 bits per heavy atom. The third kappa shape index (κ3) is 4.76. The number of thiophene rings is 1. The molecule has 4 rings (SSSR count). The van der Waals surface area contributed by atoms with Crippen LogP contribution in [0.1, 0.15) is 18.9 Å². The van der Waals surface area contributed by atoms with Gasteiger partial charge in [0.15, 0.2) is 0 Å². The maximum absolute atomic E-state index is 14.1. The molecule has 0 saturated heterocycles. The second-order valence-electron chi connectivity index (χ2n) is 8.08. The van der Waals surface area contributed by atoms with E-state index in [1.54, 1.807) is 42.5 Å². The van der Waals surface area contributed by atoms with Crippen LogP contribution in [0, 0.1) is 4.78 Å². The highest BCUT2D eigenvalue weighted by Crippen LogP contribution is 2.44. The third-order valence-corrected chi connectivity index (χ3v) is 9.75. The summed E-state index contributed by atoms with van der Waals surface area (Å²) in [7, 11) is -7.19. The molecule has 2 heterocycles. The standard InChI is InChI=1S/C26H25ClN2O3S3/c1-4-5-9-21(18(2)34(3,28)30)25-22-10-6-7-11-23(22)29(26(25)24-12-8-17-33-24)35(31,32)20-15-13-19(27)14-16-20/h4-13,15-17,19,28H,2,14H2,1,3H3/b5-4-,21-9+/t19-,34?/m1/s1. The molecule has 0 fully saturated rings. The summed E-state index contributed by atoms with van der Waals surface area (Å²) in [4.78, 5) is 1.02. The van der Waals surface area contributed by atoms with Crippen molar-refractivity contribution in [1.29, 1.82) is 4.78 Å². The van der Waals surface area contributed by atoms with Gasteiger partial charge in [0.1, 0.15) is 0 Å². The molecule has 0 amide bonds. The fourth-order valence-corrected chi connectivity index (χ4v) is 7.15. The average molecular weight is 545 g/mol. The predicted molar refractivity (Wildman–Crippen MR) is 150 cm³/mol. The number of benzene rings is 1. The van der Waals surface area contributed by atoms with Crippen LogP contribution in [0.3, 0.4) is 0 Å². The zero-order valence-corrected chi connectivity index (χ0v) is 22.5. The Bertz CT molecular complexity index is 1640. The Balaban J connectivity index is 2.18. The summed E-state index contributed by atoms with van der Waals surface area (Å²) in [5.41, 5.74) is 1.98. The first-order valence-electron chi connectivity index (χ1n) is 10.8. The number of fused-ring (bicyclic) bond motifs is 1. The lowest BCUT2D eigenvalue weighted by atomic mass is 10.0. The smallest absolute Gasteiger partial charge is 0.249 e. The molecule has 182 valence electrons. The highest BCUT2D eigenvalue weighted by atomic mass is 35.5. The van der Waals surface area contributed by atoms with Gasteiger partial charge in [-0.25, -0.2) is 21.4 Å². The largest absolute Gasteiger partial charge is 0.268 e. The number of allylic oxidation sites excluding steroid dienone is 7. The van der Waals surface area contributed by atoms with Gasteiger partial charge in [-0.3, -0.25) is 0 Å². The van der Waals surface area contributed by atoms with Gasteiger partial charge in [0.2, 0.25) is 0 Å². The van der Waals surface area contributed by atoms with Gasteiger partial charge in [0, 0.05) is 27.7 Å². The number of rotatable bonds is 7. The monoisotopic (exact) mass is 544 g/mol. The van der Waals surface area contributed by atoms with E-state index in [4.69, 9.17) is 16.4 Å². The Labute approximate surface area is 215 Å². The zero-order valence-electron chi connectivity index (χ0n) is 19.3. The number of hydrogen-bond donors (Lipinski definition) is 1. The van der Waals surface area contributed by atoms with Crippen molar-refractivity contribution in [3.05, 3.63) is 100 Å². The van der Waals surface area contributed by atoms with Crippen molar-refractivity contribution in [3.63, 3.8) is 0 Å². The lowest BCUT2D eigenvalue weighted by molar-refractivity contribution is 0.596. The first kappa shape index (κ1) is 25.4. The van der Waals surface area contributed by atoms with Gasteiger partial charge in [-0.05, 0) is 36.9 Å². The molecule has 1 aliphatic rings. The van der Waals surface area contributed by atoms with E-state index < -0.39 is 19.8 Å². The van der Waals surface area contributed by atoms with E-state index in [0.717, 1.165) is 4.88 Å². The maximum atomic E-state index is 14.1. The molecule has 2 aromatic heterocycles. The van der Waals surface area contributed by atoms with Crippen LogP contribution in [-0.2, 0) is 19.8 Å². The molecule has 35 heavy (non-hydrogen) atoms. The Hall–Kier alpha value is -2.65. The molecule has 0 aliphatic heterocycles. The molecular formula is C26H25ClN2O3S3. The van der Waals surface area contributed by atoms with E-state index in [9.17, 15) is 12.6 Å². The fraction of sp³-hybridized carbons (Fsp3) is 0.154. The molecule has 9 heteroatoms. The fourth-order valence-electron chi connectivity index (χ4n) is 3.96. The average Bonchev–Trinajstić information content (AvgIpc) is 3.45. The van der Waals surface area contributed by atoms with Gasteiger partial charge >= 0.3 is 0 Å². The van der Waals surface area contributed by atoms with Crippen molar-refractivity contribution in [2.75, 3.05) is 6.26 Å². The zero-order chi connectivity index (χ0) is 25.4. The molecule has 3 aromatic rings. The molecule has 1 unspecified atom stereocenters. The molecule has 0 bridgehead atoms. The Kier molecular flexibility index (Phi) is 7.11. The summed E-state index contributed by atoms with van der Waals surface area (Å²) in [5.74, 6) is 0. The van der Waals surface area contributed by atoms with Gasteiger partial charge < -0.3 is 0 Å². The van der Waals surface area contributed by atoms with E-state index in [1.165, 1.54) is 21.6 Å². The lowest BCUT2D eigenvalue weighted by Crippen LogP contribution is -2.17. The molecule has 1 aromatic carbocycles. The number of nitrogens with one attached hydrogen (secondary N) is 1. The predicted octanol–water partition coefficient (Wildman–Crippen LogP) is 7.15. The number of alkyl halides is 1. The van der Waals surface area contributed by atoms with Crippen LogP contribution in [0.25, 0.3) is 27.0 Å². The third-order valence-electron chi connectivity index (χ3n) is 5.63. The van der Waals surface area contributed by atoms with Crippen molar-refractivity contribution in [3.8, 4) is 10.6 Å². The van der Waals surface area contributed by atoms with E-state index in [1.807, 2.05) is 42.6 Å². The van der Waals surface area contributed by atoms with Crippen molar-refractivity contribution in [2.45, 2.75) is 18.7 Å². The van der Waals surface area contributed by atoms with Gasteiger partial charge in [-0.2, -0.15) is 0 Å². The van der Waals surface area contributed by atoms with Crippen molar-refractivity contribution in [1.82, 2.24) is 3.97 Å². The number of hydrogen-bond acceptors (Lipinski definition) is 5. The van der Waals surface area contributed by atoms with Gasteiger partial charge in [-0.15, -0.1) is 22.9 Å². The van der Waals surface area contributed by atoms with Crippen LogP contribution < -0.4 is 0 Å². The Morgan fingerprint density at radius 2 is 1.97 bits per heavy atom. The van der Waals surface area contributed by atoms with Gasteiger partial charge in [-0.1, -0.05) is 61.2 Å². The minimum absolute atomic E-state index is 0.135. The first-order chi connectivity index (χ1) is 16.6. The van der Waals surface area contributed by atoms with Crippen molar-refractivity contribution >= 4 is 59.2 Å². The molecule has 1 N–H and O–H groups in total. The van der Waals surface area contributed by atoms with Crippen LogP contribution in [0.2, 0.25) is 0 Å². The Morgan fingerprint density at radius 3 is 2.57 bits per heavy atom. The summed E-state index contributed by atoms with van der Waals surface area (Å²) in [6, 6.07) is 10.9. The summed E-state index contributed by atoms with van der Waals surface area (Å²) in [6.45, 7) is 5.84. The van der Waals surface area contributed by atoms with Crippen LogP contribution >= 0.6 is 22.9 Å². The highest BCUT2D eigenvalue weighted by Gasteiger charge is 2.32. The number of halogens is 1. The SMILES string of the molecule is C=C(/C(=C\C=C/C)c1c(-c2cccs2)n(S(=O)(=O)C2=CC[C@H](Cl)C=C2)c2ccccc12)S(C)(=N)=O. The van der Waals surface area contributed by atoms with Crippen LogP contribution in [-0.4, -0.2) is 28.2 Å². The van der Waals surface area contributed by atoms with E-state index >= 15 is 0 Å². The highest BCUT2D eigenvalue weighted by molar-refractivity contribution is 7.96. The molecular weight excluding hydrogens is 520 g/mol. The van der Waals surface area contributed by atoms with Crippen molar-refractivity contribution in [2.24, 2.45) is 0 Å². The quantitative estimate of drug-likeness (QED) is 0.253. The number of nitrogens with zero attached hydrogens (tertiary/aromatic N) is 1. The lowest BCUT2D eigenvalue weighted by Gasteiger charge is -2.17. The number of para-hydroxylation sites is 1. The normalized spacial score (nSPS) is 18.7. The van der Waals surface area contributed by atoms with Crippen LogP contribution in [0.15, 0.2) is 94.6 Å². The minimum atomic E-state index is -4.02. The minimum Gasteiger partial charge on any atom is -0.249 e. The van der Waals surface area contributed by atoms with E-state index in [-0.39, 0.29) is 15.2 Å². The van der Waals surface area contributed by atoms with Crippen LogP contribution in [0.4, 0.5) is 0 Å². The second-order valence-corrected chi connectivity index (χ2v) is 13.6. The second kappa shape index (κ2) is 9.78. The van der Waals surface area contributed by atoms with Crippen LogP contribution in [0.5, 0.6) is 0 Å². The molecule has 5 nitrogen and oxygen atoms in total. The summed E-state index contributed by atoms with van der Waals surface area (Å²) in [6.07, 6.45) is 11.9. The summed E-state index contributed by atoms with van der Waals surface area (Å²) >= 11 is 7.56. The van der Waals surface area contributed by atoms with E-state index in [0.29, 0.717) is 34.2 Å². The van der Waals surface area contributed by atoms with Gasteiger partial charge in [0.05, 0.1) is 36.1 Å². The summed E-state index contributed by atoms with van der Waals surface area (Å²) in [5, 5.41) is 2.29. The molecule has 2 atom stereocenters. The maximum Gasteiger partial charge on any atom is 0.268 e. The molecule has 1 aliphatic carbocycles. The van der Waals surface area contributed by atoms with E-state index in [2.05, 4.69) is 6.58 Å². The van der Waals surface area contributed by atoms with Crippen molar-refractivity contribution < 1.29 is 12.6 Å². The molecule has 0 radical (unpaired) electrons. The first-order valence-corrected chi connectivity index (χ1v) is 15.5. The summed E-state index contributed by atoms with van der Waals surface area (Å²) < 4.78 is 50.6. The molecule has 0 spiro atoms. The topological polar surface area (TPSA) is 80.0 Å². The molecule has 0 saturated carbocycles.